The first-order valence-corrected chi connectivity index (χ1v) is 38.0. The number of aryl methyl sites for hydroxylation is 2. The van der Waals surface area contributed by atoms with Gasteiger partial charge in [-0.25, -0.2) is 39.9 Å². The SMILES string of the molecule is CNc1nc(N[C@@H](C)c2cc3cccc(-c4cnc(C)nc4)c3c(=O)n2-c2ccccc2)c2ncccc2n1.CNc1nc(N[C@@H](C)c2cc3cccc(-c4cnc(OC)nc4)c3c(=O)n2-c2ccccc2)c2ncccc2n1.COc1ncc(-c2cccc3cc([C@H](C)Nc4cc(C)nc5cccnc45)n(-c4ccccc4)c(=O)c23)cn1. The Kier molecular flexibility index (Phi) is 21.7. The van der Waals surface area contributed by atoms with Crippen molar-refractivity contribution in [1.82, 2.24) is 83.5 Å². The van der Waals surface area contributed by atoms with E-state index >= 15 is 0 Å². The molecule has 27 nitrogen and oxygen atoms in total. The van der Waals surface area contributed by atoms with Crippen LogP contribution in [0.3, 0.4) is 0 Å². The second-order valence-corrected chi connectivity index (χ2v) is 27.7. The van der Waals surface area contributed by atoms with Crippen LogP contribution in [-0.4, -0.2) is 112 Å². The number of nitrogens with zero attached hydrogens (tertiary/aromatic N) is 17. The molecule has 0 amide bonds. The number of nitrogens with one attached hydrogen (secondary N) is 5. The van der Waals surface area contributed by atoms with Gasteiger partial charge in [-0.05, 0) is 165 Å². The number of methoxy groups -OCH3 is 2. The fourth-order valence-corrected chi connectivity index (χ4v) is 14.5. The number of fused-ring (bicyclic) bond motifs is 6. The van der Waals surface area contributed by atoms with Crippen LogP contribution in [0, 0.1) is 13.8 Å². The van der Waals surface area contributed by atoms with Crippen LogP contribution in [0.2, 0.25) is 0 Å². The molecule has 0 aliphatic rings. The van der Waals surface area contributed by atoms with E-state index in [2.05, 4.69) is 108 Å². The van der Waals surface area contributed by atoms with Crippen molar-refractivity contribution in [2.45, 2.75) is 52.7 Å². The average molecular weight is 1560 g/mol. The molecule has 3 atom stereocenters. The van der Waals surface area contributed by atoms with E-state index in [4.69, 9.17) is 9.47 Å². The monoisotopic (exact) mass is 1560 g/mol. The van der Waals surface area contributed by atoms with Gasteiger partial charge in [0.1, 0.15) is 22.4 Å². The molecule has 0 saturated heterocycles. The van der Waals surface area contributed by atoms with Crippen molar-refractivity contribution in [1.29, 1.82) is 0 Å². The Balaban J connectivity index is 0.000000132. The van der Waals surface area contributed by atoms with E-state index in [1.165, 1.54) is 14.2 Å². The van der Waals surface area contributed by atoms with E-state index in [-0.39, 0.29) is 46.8 Å². The number of pyridine rings is 7. The van der Waals surface area contributed by atoms with Crippen molar-refractivity contribution in [3.05, 3.63) is 322 Å². The highest BCUT2D eigenvalue weighted by Gasteiger charge is 2.26. The van der Waals surface area contributed by atoms with Gasteiger partial charge in [-0.15, -0.1) is 0 Å². The van der Waals surface area contributed by atoms with E-state index in [0.29, 0.717) is 62.1 Å². The Bertz CT molecular complexity index is 6910. The van der Waals surface area contributed by atoms with Crippen LogP contribution in [0.1, 0.15) is 67.5 Å². The van der Waals surface area contributed by atoms with Gasteiger partial charge in [-0.1, -0.05) is 109 Å². The lowest BCUT2D eigenvalue weighted by Gasteiger charge is -2.23. The minimum Gasteiger partial charge on any atom is -0.467 e. The Morgan fingerprint density at radius 1 is 0.347 bits per heavy atom. The highest BCUT2D eigenvalue weighted by Crippen LogP contribution is 2.36. The molecule has 582 valence electrons. The van der Waals surface area contributed by atoms with E-state index in [1.54, 1.807) is 83.6 Å². The summed E-state index contributed by atoms with van der Waals surface area (Å²) in [7, 11) is 6.58. The molecule has 0 bridgehead atoms. The molecule has 12 heterocycles. The Morgan fingerprint density at radius 2 is 0.686 bits per heavy atom. The molecule has 118 heavy (non-hydrogen) atoms. The highest BCUT2D eigenvalue weighted by atomic mass is 16.5. The van der Waals surface area contributed by atoms with E-state index < -0.39 is 0 Å². The van der Waals surface area contributed by atoms with E-state index in [9.17, 15) is 14.4 Å². The van der Waals surface area contributed by atoms with Gasteiger partial charge in [0.25, 0.3) is 16.7 Å². The van der Waals surface area contributed by atoms with Gasteiger partial charge in [0, 0.05) is 126 Å². The summed E-state index contributed by atoms with van der Waals surface area (Å²) in [4.78, 5) is 105. The molecule has 6 aromatic carbocycles. The summed E-state index contributed by atoms with van der Waals surface area (Å²) in [5.41, 5.74) is 14.9. The lowest BCUT2D eigenvalue weighted by atomic mass is 9.99. The largest absolute Gasteiger partial charge is 0.467 e. The maximum absolute atomic E-state index is 14.4. The molecule has 0 aliphatic carbocycles. The second-order valence-electron chi connectivity index (χ2n) is 27.7. The zero-order valence-electron chi connectivity index (χ0n) is 65.7. The zero-order valence-corrected chi connectivity index (χ0v) is 65.7. The van der Waals surface area contributed by atoms with E-state index in [0.717, 1.165) is 112 Å². The number of benzene rings is 6. The van der Waals surface area contributed by atoms with Gasteiger partial charge in [0.2, 0.25) is 11.9 Å². The van der Waals surface area contributed by atoms with Crippen molar-refractivity contribution in [2.75, 3.05) is 54.9 Å². The summed E-state index contributed by atoms with van der Waals surface area (Å²) < 4.78 is 15.5. The summed E-state index contributed by atoms with van der Waals surface area (Å²) in [6, 6.07) is 65.5. The minimum absolute atomic E-state index is 0.123. The maximum atomic E-state index is 14.4. The molecular weight excluding hydrogens is 1480 g/mol. The molecule has 18 rings (SSSR count). The fraction of sp³-hybridized carbons (Fsp3) is 0.132. The quantitative estimate of drug-likeness (QED) is 0.0502. The summed E-state index contributed by atoms with van der Waals surface area (Å²) >= 11 is 0. The molecule has 0 aliphatic heterocycles. The average Bonchev–Trinajstić information content (AvgIpc) is 0.756. The van der Waals surface area contributed by atoms with Gasteiger partial charge in [0.05, 0.1) is 70.7 Å². The summed E-state index contributed by atoms with van der Waals surface area (Å²) in [6.07, 6.45) is 15.4. The van der Waals surface area contributed by atoms with Crippen molar-refractivity contribution in [3.63, 3.8) is 0 Å². The number of hydrogen-bond acceptors (Lipinski definition) is 24. The molecular formula is C91H78N22O5. The molecule has 0 saturated carbocycles. The lowest BCUT2D eigenvalue weighted by Crippen LogP contribution is -2.26. The maximum Gasteiger partial charge on any atom is 0.316 e. The standard InChI is InChI=1S/C31H26N6O2.C30H26N8O2.C30H26N8O/c1-19-15-26(29-25(35-19)13-8-14-32-29)36-20(2)27-16-21-9-7-12-24(22-17-33-31(39-3)34-18-22)28(21)30(38)37(27)23-10-5-4-6-11-23;1-18(35-27-26-23(13-8-14-32-26)36-29(31-2)37-27)24-15-19-9-7-12-22(20-16-33-30(40-3)34-17-20)25(19)28(39)38(24)21-10-5-4-6-11-21;1-18(35-28-27-24(13-8-14-32-27)36-30(31-3)37-28)25-15-20-9-7-12-23(21-16-33-19(2)34-17-21)26(20)29(39)38(25)22-10-5-4-6-11-22/h4-18,20H,1-3H3,(H,35,36);4-18H,1-3H3,(H2,31,35,36,37);4-18H,1-3H3,(H2,31,35,36,37)/t20-;2*18-/m000/s1. The van der Waals surface area contributed by atoms with Crippen molar-refractivity contribution in [2.24, 2.45) is 0 Å². The van der Waals surface area contributed by atoms with Crippen LogP contribution in [0.15, 0.2) is 276 Å². The fourth-order valence-electron chi connectivity index (χ4n) is 14.5. The molecule has 12 aromatic heterocycles. The summed E-state index contributed by atoms with van der Waals surface area (Å²) in [5.74, 6) is 2.78. The molecule has 0 unspecified atom stereocenters. The predicted molar refractivity (Wildman–Crippen MR) is 464 cm³/mol. The first kappa shape index (κ1) is 76.3. The number of rotatable bonds is 19. The summed E-state index contributed by atoms with van der Waals surface area (Å²) in [5, 5.41) is 20.9. The van der Waals surface area contributed by atoms with E-state index in [1.807, 2.05) is 229 Å². The van der Waals surface area contributed by atoms with Crippen LogP contribution in [0.5, 0.6) is 12.0 Å². The predicted octanol–water partition coefficient (Wildman–Crippen LogP) is 16.2. The molecule has 0 fully saturated rings. The molecule has 0 radical (unpaired) electrons. The zero-order chi connectivity index (χ0) is 81.5. The van der Waals surface area contributed by atoms with Gasteiger partial charge in [0.15, 0.2) is 11.6 Å². The topological polar surface area (TPSA) is 325 Å². The first-order chi connectivity index (χ1) is 57.6. The van der Waals surface area contributed by atoms with Crippen LogP contribution < -0.4 is 52.7 Å². The van der Waals surface area contributed by atoms with Crippen molar-refractivity contribution in [3.8, 4) is 62.5 Å². The van der Waals surface area contributed by atoms with Crippen LogP contribution in [0.25, 0.3) is 116 Å². The third-order valence-electron chi connectivity index (χ3n) is 20.1. The van der Waals surface area contributed by atoms with Gasteiger partial charge in [-0.2, -0.15) is 9.97 Å². The summed E-state index contributed by atoms with van der Waals surface area (Å²) in [6.45, 7) is 9.85. The highest BCUT2D eigenvalue weighted by molar-refractivity contribution is 5.99. The Labute approximate surface area is 675 Å². The lowest BCUT2D eigenvalue weighted by molar-refractivity contribution is 0.380. The number of ether oxygens (including phenoxy) is 2. The van der Waals surface area contributed by atoms with Crippen LogP contribution in [0.4, 0.5) is 29.2 Å². The van der Waals surface area contributed by atoms with Crippen LogP contribution in [-0.2, 0) is 0 Å². The Morgan fingerprint density at radius 3 is 1.04 bits per heavy atom. The second kappa shape index (κ2) is 33.6. The molecule has 27 heteroatoms. The van der Waals surface area contributed by atoms with Gasteiger partial charge >= 0.3 is 12.0 Å². The molecule has 5 N–H and O–H groups in total. The number of aromatic nitrogens is 17. The third kappa shape index (κ3) is 15.4. The van der Waals surface area contributed by atoms with Gasteiger partial charge < -0.3 is 36.1 Å². The van der Waals surface area contributed by atoms with Crippen molar-refractivity contribution < 1.29 is 9.47 Å². The first-order valence-electron chi connectivity index (χ1n) is 38.0. The molecule has 0 spiro atoms. The Hall–Kier alpha value is -15.7. The van der Waals surface area contributed by atoms with Crippen molar-refractivity contribution >= 4 is 94.6 Å². The van der Waals surface area contributed by atoms with Gasteiger partial charge in [-0.3, -0.25) is 48.0 Å². The normalized spacial score (nSPS) is 11.9. The molecule has 18 aromatic rings. The number of hydrogen-bond donors (Lipinski definition) is 5. The smallest absolute Gasteiger partial charge is 0.316 e. The number of para-hydroxylation sites is 3. The minimum atomic E-state index is -0.324. The third-order valence-corrected chi connectivity index (χ3v) is 20.1. The van der Waals surface area contributed by atoms with Crippen LogP contribution >= 0.6 is 0 Å². The number of anilines is 5.